The lowest BCUT2D eigenvalue weighted by molar-refractivity contribution is -0.138. The molecule has 1 aliphatic carbocycles. The quantitative estimate of drug-likeness (QED) is 0.275. The summed E-state index contributed by atoms with van der Waals surface area (Å²) in [6.07, 6.45) is -0.932. The van der Waals surface area contributed by atoms with Crippen LogP contribution in [0.3, 0.4) is 0 Å². The second kappa shape index (κ2) is 11.9. The van der Waals surface area contributed by atoms with E-state index in [-0.39, 0.29) is 48.9 Å². The van der Waals surface area contributed by atoms with Crippen molar-refractivity contribution in [1.82, 2.24) is 14.9 Å². The zero-order valence-electron chi connectivity index (χ0n) is 25.4. The molecule has 1 saturated carbocycles. The van der Waals surface area contributed by atoms with Crippen molar-refractivity contribution in [2.24, 2.45) is 16.8 Å². The van der Waals surface area contributed by atoms with E-state index in [4.69, 9.17) is 4.99 Å². The van der Waals surface area contributed by atoms with Crippen molar-refractivity contribution in [1.29, 1.82) is 0 Å². The van der Waals surface area contributed by atoms with E-state index in [2.05, 4.69) is 10.6 Å². The second-order valence-corrected chi connectivity index (χ2v) is 15.4. The van der Waals surface area contributed by atoms with E-state index in [0.29, 0.717) is 56.5 Å². The molecule has 0 aromatic heterocycles. The maximum atomic E-state index is 13.0. The summed E-state index contributed by atoms with van der Waals surface area (Å²) in [7, 11) is -3.13. The van der Waals surface area contributed by atoms with Crippen LogP contribution in [0, 0.1) is 18.8 Å². The number of halogens is 3. The number of amidine groups is 1. The Morgan fingerprint density at radius 2 is 1.73 bits per heavy atom. The number of alkyl halides is 3. The van der Waals surface area contributed by atoms with Crippen molar-refractivity contribution in [3.63, 3.8) is 0 Å². The Morgan fingerprint density at radius 3 is 2.30 bits per heavy atom. The first kappa shape index (κ1) is 32.7. The highest BCUT2D eigenvalue weighted by Crippen LogP contribution is 2.48. The van der Waals surface area contributed by atoms with Crippen molar-refractivity contribution in [2.45, 2.75) is 95.8 Å². The Balaban J connectivity index is 1.14. The highest BCUT2D eigenvalue weighted by atomic mass is 32.3. The van der Waals surface area contributed by atoms with Crippen LogP contribution in [0.4, 0.5) is 23.7 Å². The fourth-order valence-corrected chi connectivity index (χ4v) is 8.29. The predicted octanol–water partition coefficient (Wildman–Crippen LogP) is 5.55. The summed E-state index contributed by atoms with van der Waals surface area (Å²) in [5, 5.41) is 5.60. The van der Waals surface area contributed by atoms with Crippen molar-refractivity contribution in [2.75, 3.05) is 23.7 Å². The van der Waals surface area contributed by atoms with Gasteiger partial charge in [0.1, 0.15) is 16.9 Å². The largest absolute Gasteiger partial charge is 0.389 e. The van der Waals surface area contributed by atoms with Gasteiger partial charge in [0, 0.05) is 25.4 Å². The smallest absolute Gasteiger partial charge is 0.323 e. The summed E-state index contributed by atoms with van der Waals surface area (Å²) < 4.78 is 61.6. The molecule has 4 N–H and O–H groups in total. The number of urea groups is 1. The first-order valence-electron chi connectivity index (χ1n) is 15.2. The summed E-state index contributed by atoms with van der Waals surface area (Å²) in [6, 6.07) is 4.73. The van der Waals surface area contributed by atoms with E-state index < -0.39 is 40.5 Å². The first-order chi connectivity index (χ1) is 20.5. The van der Waals surface area contributed by atoms with Gasteiger partial charge in [0.25, 0.3) is 11.8 Å². The maximum Gasteiger partial charge on any atom is 0.389 e. The third-order valence-corrected chi connectivity index (χ3v) is 11.6. The molecule has 4 aliphatic rings. The van der Waals surface area contributed by atoms with Crippen LogP contribution in [0.15, 0.2) is 23.2 Å². The van der Waals surface area contributed by atoms with Gasteiger partial charge in [0.05, 0.1) is 11.4 Å². The van der Waals surface area contributed by atoms with Gasteiger partial charge in [-0.05, 0) is 101 Å². The molecule has 0 radical (unpaired) electrons. The SMILES string of the molecule is Cc1cc(N2C(=O)NC(C)(C)C2=O)ccc1CCS(O)(O)N1CCC2(CC1)N=C(C1CCC(CCC(F)(F)F)CC1)NC2=O. The number of nitrogens with one attached hydrogen (secondary N) is 2. The Hall–Kier alpha value is -2.68. The number of aliphatic imine (C=N–C) groups is 1. The first-order valence-corrected chi connectivity index (χ1v) is 16.9. The third kappa shape index (κ3) is 6.77. The third-order valence-electron chi connectivity index (χ3n) is 9.62. The lowest BCUT2D eigenvalue weighted by atomic mass is 9.79. The van der Waals surface area contributed by atoms with Gasteiger partial charge in [-0.2, -0.15) is 13.2 Å². The fraction of sp³-hybridized carbons (Fsp3) is 0.667. The van der Waals surface area contributed by atoms with Crippen molar-refractivity contribution >= 4 is 40.1 Å². The number of imide groups is 1. The number of piperidine rings is 1. The molecule has 3 aliphatic heterocycles. The number of carbonyl (C=O) groups is 3. The van der Waals surface area contributed by atoms with Crippen molar-refractivity contribution in [3.8, 4) is 0 Å². The van der Waals surface area contributed by atoms with Gasteiger partial charge in [-0.15, -0.1) is 10.8 Å². The summed E-state index contributed by atoms with van der Waals surface area (Å²) in [4.78, 5) is 44.0. The van der Waals surface area contributed by atoms with Crippen LogP contribution in [0.5, 0.6) is 0 Å². The highest BCUT2D eigenvalue weighted by molar-refractivity contribution is 8.22. The van der Waals surface area contributed by atoms with E-state index in [0.717, 1.165) is 16.0 Å². The monoisotopic (exact) mass is 641 g/mol. The molecule has 0 atom stereocenters. The van der Waals surface area contributed by atoms with Crippen LogP contribution in [-0.2, 0) is 16.0 Å². The Bertz CT molecular complexity index is 1330. The molecule has 3 heterocycles. The Kier molecular flexibility index (Phi) is 8.86. The van der Waals surface area contributed by atoms with Crippen LogP contribution in [0.1, 0.15) is 76.3 Å². The van der Waals surface area contributed by atoms with E-state index in [1.54, 1.807) is 36.4 Å². The molecule has 1 aromatic rings. The van der Waals surface area contributed by atoms with Crippen LogP contribution < -0.4 is 15.5 Å². The van der Waals surface area contributed by atoms with Gasteiger partial charge in [0.15, 0.2) is 0 Å². The number of rotatable bonds is 8. The van der Waals surface area contributed by atoms with E-state index in [9.17, 15) is 36.7 Å². The van der Waals surface area contributed by atoms with Crippen molar-refractivity contribution in [3.05, 3.63) is 29.3 Å². The van der Waals surface area contributed by atoms with Gasteiger partial charge in [-0.25, -0.2) is 14.0 Å². The molecular weight excluding hydrogens is 599 g/mol. The topological polar surface area (TPSA) is 135 Å². The van der Waals surface area contributed by atoms with Gasteiger partial charge < -0.3 is 10.6 Å². The van der Waals surface area contributed by atoms with Gasteiger partial charge in [-0.1, -0.05) is 6.07 Å². The Morgan fingerprint density at radius 1 is 1.07 bits per heavy atom. The molecule has 244 valence electrons. The molecule has 2 saturated heterocycles. The molecule has 10 nitrogen and oxygen atoms in total. The number of aryl methyl sites for hydroxylation is 2. The lowest BCUT2D eigenvalue weighted by Crippen LogP contribution is -2.49. The molecule has 3 fully saturated rings. The van der Waals surface area contributed by atoms with E-state index >= 15 is 0 Å². The normalized spacial score (nSPS) is 26.1. The van der Waals surface area contributed by atoms with Crippen LogP contribution in [0.25, 0.3) is 0 Å². The predicted molar refractivity (Wildman–Crippen MR) is 163 cm³/mol. The zero-order chi connectivity index (χ0) is 32.1. The van der Waals surface area contributed by atoms with Crippen LogP contribution in [0.2, 0.25) is 0 Å². The van der Waals surface area contributed by atoms with Gasteiger partial charge in [0.2, 0.25) is 0 Å². The number of anilines is 1. The summed E-state index contributed by atoms with van der Waals surface area (Å²) in [6.45, 7) is 5.71. The zero-order valence-corrected chi connectivity index (χ0v) is 26.2. The minimum Gasteiger partial charge on any atom is -0.323 e. The number of nitrogens with zero attached hydrogens (tertiary/aromatic N) is 3. The summed E-state index contributed by atoms with van der Waals surface area (Å²) in [5.74, 6) is 0.253. The molecule has 0 bridgehead atoms. The summed E-state index contributed by atoms with van der Waals surface area (Å²) in [5.41, 5.74) is 0.206. The van der Waals surface area contributed by atoms with Gasteiger partial charge >= 0.3 is 12.2 Å². The maximum absolute atomic E-state index is 13.0. The lowest BCUT2D eigenvalue weighted by Gasteiger charge is -2.47. The van der Waals surface area contributed by atoms with Crippen LogP contribution >= 0.6 is 10.8 Å². The number of hydrogen-bond donors (Lipinski definition) is 4. The molecule has 44 heavy (non-hydrogen) atoms. The molecule has 1 aromatic carbocycles. The molecule has 4 amide bonds. The van der Waals surface area contributed by atoms with E-state index in [1.165, 1.54) is 0 Å². The van der Waals surface area contributed by atoms with E-state index in [1.807, 2.05) is 6.92 Å². The van der Waals surface area contributed by atoms with Crippen LogP contribution in [-0.4, -0.2) is 73.2 Å². The average molecular weight is 642 g/mol. The minimum absolute atomic E-state index is 0.0259. The molecule has 1 spiro atoms. The minimum atomic E-state index is -4.14. The number of carbonyl (C=O) groups excluding carboxylic acids is 3. The highest BCUT2D eigenvalue weighted by Gasteiger charge is 2.49. The fourth-order valence-electron chi connectivity index (χ4n) is 6.77. The molecule has 14 heteroatoms. The number of amides is 4. The van der Waals surface area contributed by atoms with Crippen molar-refractivity contribution < 1.29 is 36.7 Å². The Labute approximate surface area is 257 Å². The molecular formula is C30H42F3N5O5S. The second-order valence-electron chi connectivity index (χ2n) is 13.2. The summed E-state index contributed by atoms with van der Waals surface area (Å²) >= 11 is 0. The standard InChI is InChI=1S/C30H42F3N5O5S/c1-19-18-23(38-26(40)28(2,3)36-27(38)41)9-8-21(19)11-17-44(42,43)37-15-13-29(14-16-37)25(39)34-24(35-29)22-6-4-20(5-7-22)10-12-30(31,32)33/h8-9,18,20,22,42-43H,4-7,10-17H2,1-3H3,(H,36,41)(H,34,35,39). The average Bonchev–Trinajstić information content (AvgIpc) is 3.37. The number of benzene rings is 1. The van der Waals surface area contributed by atoms with Gasteiger partial charge in [-0.3, -0.25) is 23.7 Å². The number of hydrogen-bond acceptors (Lipinski definition) is 7. The molecule has 5 rings (SSSR count). The molecule has 0 unspecified atom stereocenters.